The molecular weight excluding hydrogens is 1310 g/mol. The Morgan fingerprint density at radius 2 is 0.720 bits per heavy atom. The second-order valence-electron chi connectivity index (χ2n) is 32.2. The maximum absolute atomic E-state index is 9.68. The third-order valence-electron chi connectivity index (χ3n) is 24.4. The highest BCUT2D eigenvalue weighted by atomic mass is 28.3. The molecule has 5 heteroatoms. The zero-order chi connectivity index (χ0) is 71.2. The van der Waals surface area contributed by atoms with Crippen LogP contribution in [0.2, 0.25) is 19.6 Å². The van der Waals surface area contributed by atoms with Gasteiger partial charge in [-0.15, -0.1) is 0 Å². The minimum Gasteiger partial charge on any atom is -0.309 e. The second kappa shape index (κ2) is 21.5. The third-order valence-corrected chi connectivity index (χ3v) is 26.4. The average Bonchev–Trinajstić information content (AvgIpc) is 1.55. The smallest absolute Gasteiger partial charge is 0.0991 e. The van der Waals surface area contributed by atoms with E-state index >= 15 is 0 Å². The number of benzene rings is 17. The normalized spacial score (nSPS) is 12.8. The van der Waals surface area contributed by atoms with Gasteiger partial charge in [0.05, 0.1) is 58.5 Å². The lowest BCUT2D eigenvalue weighted by Gasteiger charge is -2.20. The van der Waals surface area contributed by atoms with Crippen LogP contribution in [-0.4, -0.2) is 21.8 Å². The van der Waals surface area contributed by atoms with Crippen LogP contribution in [0.15, 0.2) is 303 Å². The van der Waals surface area contributed by atoms with Crippen molar-refractivity contribution in [2.24, 2.45) is 0 Å². The fraction of sp³-hybridized carbons (Fsp3) is 0.0686. The van der Waals surface area contributed by atoms with Crippen LogP contribution >= 0.6 is 0 Å². The second-order valence-corrected chi connectivity index (χ2v) is 37.2. The number of rotatable bonds is 7. The van der Waals surface area contributed by atoms with Crippen LogP contribution in [0.1, 0.15) is 31.9 Å². The molecule has 23 rings (SSSR count). The first-order chi connectivity index (χ1) is 52.3. The number of nitrogens with zero attached hydrogens (tertiary/aromatic N) is 4. The van der Waals surface area contributed by atoms with E-state index in [1.165, 1.54) is 208 Å². The molecule has 0 bridgehead atoms. The molecule has 3 heterocycles. The van der Waals surface area contributed by atoms with E-state index < -0.39 is 8.07 Å². The molecule has 20 aromatic rings. The van der Waals surface area contributed by atoms with E-state index in [4.69, 9.17) is 0 Å². The van der Waals surface area contributed by atoms with Crippen LogP contribution in [0, 0.1) is 11.3 Å². The van der Waals surface area contributed by atoms with E-state index in [9.17, 15) is 5.26 Å². The van der Waals surface area contributed by atoms with Gasteiger partial charge >= 0.3 is 0 Å². The molecule has 0 amide bonds. The van der Waals surface area contributed by atoms with Gasteiger partial charge in [0.25, 0.3) is 0 Å². The van der Waals surface area contributed by atoms with E-state index in [-0.39, 0.29) is 5.41 Å². The van der Waals surface area contributed by atoms with Gasteiger partial charge in [-0.1, -0.05) is 264 Å². The largest absolute Gasteiger partial charge is 0.309 e. The first kappa shape index (κ1) is 60.3. The summed E-state index contributed by atoms with van der Waals surface area (Å²) in [5.74, 6) is 0. The van der Waals surface area contributed by atoms with Crippen molar-refractivity contribution < 1.29 is 0 Å². The number of fused-ring (bicyclic) bond motifs is 22. The van der Waals surface area contributed by atoms with Crippen molar-refractivity contribution in [3.63, 3.8) is 0 Å². The Balaban J connectivity index is 0.695. The summed E-state index contributed by atoms with van der Waals surface area (Å²) < 4.78 is 7.71. The van der Waals surface area contributed by atoms with E-state index in [0.717, 1.165) is 28.2 Å². The Morgan fingerprint density at radius 3 is 1.24 bits per heavy atom. The summed E-state index contributed by atoms with van der Waals surface area (Å²) in [5.41, 5.74) is 35.1. The fourth-order valence-corrected chi connectivity index (χ4v) is 20.6. The van der Waals surface area contributed by atoms with Gasteiger partial charge in [0, 0.05) is 65.8 Å². The summed E-state index contributed by atoms with van der Waals surface area (Å²) in [4.78, 5) is 0. The van der Waals surface area contributed by atoms with Crippen molar-refractivity contribution in [1.82, 2.24) is 13.7 Å². The first-order valence-corrected chi connectivity index (χ1v) is 41.0. The van der Waals surface area contributed by atoms with Gasteiger partial charge in [-0.2, -0.15) is 5.26 Å². The molecule has 0 saturated heterocycles. The zero-order valence-corrected chi connectivity index (χ0v) is 61.2. The van der Waals surface area contributed by atoms with Crippen LogP contribution in [0.3, 0.4) is 0 Å². The van der Waals surface area contributed by atoms with Gasteiger partial charge in [-0.3, -0.25) is 0 Å². The quantitative estimate of drug-likeness (QED) is 0.147. The Kier molecular flexibility index (Phi) is 12.1. The number of nitriles is 1. The van der Waals surface area contributed by atoms with E-state index in [1.807, 2.05) is 12.1 Å². The minimum atomic E-state index is -1.65. The lowest BCUT2D eigenvalue weighted by atomic mass is 9.87. The molecule has 0 spiro atoms. The van der Waals surface area contributed by atoms with Crippen LogP contribution in [-0.2, 0) is 5.41 Å². The third kappa shape index (κ3) is 8.36. The monoisotopic (exact) mass is 1380 g/mol. The van der Waals surface area contributed by atoms with Gasteiger partial charge < -0.3 is 13.7 Å². The standard InChI is InChI=1S/C102H68N4Si/c1-102(2,3)67-33-35-68(36-34-67)104-91-55-61(31-41-75(91)82-46-43-78-77-22-11-15-60-16-12-23-84(93(60)77)96(78)99(82)104)65-51-63-17-13-24-85-94(63)87(53-65)79-45-48-83-76-42-32-62(56-92(76)105(100(83)97(79)85)69-37-39-70(40-38-69)107(4,5)6)66-52-64-18-14-25-86-95(64)88(54-66)80-44-47-81-74-21-9-10-26-89(74)106(101(81)98(80)86)90-50-49-71(72-19-7-8-20-73(72)90)59-29-27-58(57-103)28-30-59/h7-56H,1-6H3. The van der Waals surface area contributed by atoms with E-state index in [0.29, 0.717) is 5.56 Å². The molecule has 0 fully saturated rings. The van der Waals surface area contributed by atoms with Gasteiger partial charge in [-0.05, 0) is 217 Å². The predicted octanol–water partition coefficient (Wildman–Crippen LogP) is 27.2. The summed E-state index contributed by atoms with van der Waals surface area (Å²) >= 11 is 0. The Hall–Kier alpha value is -13.1. The van der Waals surface area contributed by atoms with Crippen molar-refractivity contribution in [3.05, 3.63) is 314 Å². The number of hydrogen-bond donors (Lipinski definition) is 0. The highest BCUT2D eigenvalue weighted by Crippen LogP contribution is 2.58. The zero-order valence-electron chi connectivity index (χ0n) is 60.2. The Morgan fingerprint density at radius 1 is 0.290 bits per heavy atom. The number of hydrogen-bond acceptors (Lipinski definition) is 1. The van der Waals surface area contributed by atoms with Crippen molar-refractivity contribution >= 4 is 122 Å². The molecule has 3 aliphatic carbocycles. The lowest BCUT2D eigenvalue weighted by Crippen LogP contribution is -2.37. The highest BCUT2D eigenvalue weighted by molar-refractivity contribution is 6.88. The maximum atomic E-state index is 9.68. The van der Waals surface area contributed by atoms with Crippen LogP contribution in [0.25, 0.3) is 226 Å². The molecule has 500 valence electrons. The van der Waals surface area contributed by atoms with Crippen molar-refractivity contribution in [3.8, 4) is 123 Å². The number of aromatic nitrogens is 3. The van der Waals surface area contributed by atoms with Gasteiger partial charge in [-0.25, -0.2) is 0 Å². The molecule has 0 radical (unpaired) electrons. The predicted molar refractivity (Wildman–Crippen MR) is 455 cm³/mol. The van der Waals surface area contributed by atoms with Crippen molar-refractivity contribution in [2.75, 3.05) is 0 Å². The molecule has 3 aromatic heterocycles. The summed E-state index contributed by atoms with van der Waals surface area (Å²) in [6.07, 6.45) is 0. The molecule has 107 heavy (non-hydrogen) atoms. The van der Waals surface area contributed by atoms with Gasteiger partial charge in [0.15, 0.2) is 0 Å². The first-order valence-electron chi connectivity index (χ1n) is 37.5. The molecule has 0 N–H and O–H groups in total. The molecule has 17 aromatic carbocycles. The average molecular weight is 1380 g/mol. The molecule has 0 saturated carbocycles. The Labute approximate surface area is 620 Å². The van der Waals surface area contributed by atoms with Crippen LogP contribution in [0.5, 0.6) is 0 Å². The highest BCUT2D eigenvalue weighted by Gasteiger charge is 2.33. The van der Waals surface area contributed by atoms with E-state index in [2.05, 4.69) is 351 Å². The number of para-hydroxylation sites is 1. The summed E-state index contributed by atoms with van der Waals surface area (Å²) in [6, 6.07) is 118. The summed E-state index contributed by atoms with van der Waals surface area (Å²) in [5, 5.41) is 28.6. The fourth-order valence-electron chi connectivity index (χ4n) is 19.4. The molecule has 0 atom stereocenters. The molecule has 0 unspecified atom stereocenters. The van der Waals surface area contributed by atoms with Crippen LogP contribution < -0.4 is 5.19 Å². The maximum Gasteiger partial charge on any atom is 0.0991 e. The molecule has 0 aliphatic heterocycles. The molecule has 3 aliphatic rings. The van der Waals surface area contributed by atoms with Crippen molar-refractivity contribution in [2.45, 2.75) is 45.8 Å². The van der Waals surface area contributed by atoms with E-state index in [1.54, 1.807) is 0 Å². The Bertz CT molecular complexity index is 7470. The molecule has 4 nitrogen and oxygen atoms in total. The lowest BCUT2D eigenvalue weighted by molar-refractivity contribution is 0.590. The van der Waals surface area contributed by atoms with Crippen molar-refractivity contribution in [1.29, 1.82) is 5.26 Å². The molecular formula is C102H68N4Si. The minimum absolute atomic E-state index is 0.0204. The summed E-state index contributed by atoms with van der Waals surface area (Å²) in [6.45, 7) is 14.2. The topological polar surface area (TPSA) is 38.6 Å². The van der Waals surface area contributed by atoms with Crippen LogP contribution in [0.4, 0.5) is 0 Å². The summed E-state index contributed by atoms with van der Waals surface area (Å²) in [7, 11) is -1.65. The van der Waals surface area contributed by atoms with Gasteiger partial charge in [0.2, 0.25) is 0 Å². The van der Waals surface area contributed by atoms with Gasteiger partial charge in [0.1, 0.15) is 0 Å². The SMILES string of the molecule is CC(C)(C)c1ccc(-n2c3cc(-c4cc5c6c(cccc6c4)-c4c-5ccc5c6ccc(-c7cc8c9c(cccc9c7)-c7c-8ccc8c9ccccc9n(-c9ccc(-c%10ccc(C#N)cc%10)c%10ccccc9%10)c78)cc6n(-c6ccc([Si](C)(C)C)cc6)c45)ccc3c3ccc4c(c32)-c2cccc3cccc-4c23)cc1.